The number of nitrogens with zero attached hydrogens (tertiary/aromatic N) is 2. The zero-order chi connectivity index (χ0) is 12.0. The van der Waals surface area contributed by atoms with E-state index in [-0.39, 0.29) is 12.1 Å². The van der Waals surface area contributed by atoms with Crippen LogP contribution in [0.5, 0.6) is 0 Å². The maximum Gasteiger partial charge on any atom is 0.254 e. The average molecular weight is 225 g/mol. The molecule has 84 valence electrons. The topological polar surface area (TPSA) is 65.8 Å². The van der Waals surface area contributed by atoms with E-state index < -0.39 is 17.7 Å². The van der Waals surface area contributed by atoms with Gasteiger partial charge in [0.25, 0.3) is 5.91 Å². The van der Waals surface area contributed by atoms with Gasteiger partial charge in [0, 0.05) is 19.2 Å². The summed E-state index contributed by atoms with van der Waals surface area (Å²) in [6.07, 6.45) is 1.79. The van der Waals surface area contributed by atoms with Crippen molar-refractivity contribution in [2.75, 3.05) is 6.54 Å². The van der Waals surface area contributed by atoms with E-state index in [1.165, 1.54) is 0 Å². The van der Waals surface area contributed by atoms with Gasteiger partial charge in [-0.3, -0.25) is 4.79 Å². The predicted octanol–water partition coefficient (Wildman–Crippen LogP) is 1.39. The summed E-state index contributed by atoms with van der Waals surface area (Å²) in [4.78, 5) is 14.4. The summed E-state index contributed by atoms with van der Waals surface area (Å²) in [5, 5.41) is 10.6. The molecule has 0 aliphatic rings. The third kappa shape index (κ3) is 2.98. The van der Waals surface area contributed by atoms with Crippen LogP contribution in [0.2, 0.25) is 0 Å². The highest BCUT2D eigenvalue weighted by atomic mass is 19.2. The number of nitriles is 1. The van der Waals surface area contributed by atoms with Gasteiger partial charge in [-0.25, -0.2) is 9.37 Å². The van der Waals surface area contributed by atoms with Gasteiger partial charge in [0.1, 0.15) is 0 Å². The van der Waals surface area contributed by atoms with Crippen molar-refractivity contribution in [3.05, 3.63) is 29.6 Å². The molecule has 0 radical (unpaired) electrons. The Bertz CT molecular complexity index is 429. The number of pyridine rings is 1. The first-order valence-electron chi connectivity index (χ1n) is 4.62. The molecule has 1 heterocycles. The van der Waals surface area contributed by atoms with E-state index in [0.29, 0.717) is 12.8 Å². The normalized spacial score (nSPS) is 9.56. The van der Waals surface area contributed by atoms with Crippen molar-refractivity contribution in [3.63, 3.8) is 0 Å². The van der Waals surface area contributed by atoms with Crippen molar-refractivity contribution in [3.8, 4) is 6.07 Å². The molecule has 0 unspecified atom stereocenters. The summed E-state index contributed by atoms with van der Waals surface area (Å²) < 4.78 is 25.8. The third-order valence-corrected chi connectivity index (χ3v) is 1.84. The Labute approximate surface area is 90.9 Å². The highest BCUT2D eigenvalue weighted by Crippen LogP contribution is 2.08. The highest BCUT2D eigenvalue weighted by Gasteiger charge is 2.15. The Kier molecular flexibility index (Phi) is 4.33. The standard InChI is InChI=1S/C10H9F2N3O/c11-8-7(3-6-14-9(8)12)10(16)15-5-2-1-4-13/h3,6H,1-2,5H2,(H,15,16). The smallest absolute Gasteiger partial charge is 0.254 e. The SMILES string of the molecule is N#CCCCNC(=O)c1ccnc(F)c1F. The van der Waals surface area contributed by atoms with Gasteiger partial charge in [-0.15, -0.1) is 0 Å². The second-order valence-corrected chi connectivity index (χ2v) is 2.98. The van der Waals surface area contributed by atoms with Gasteiger partial charge in [0.05, 0.1) is 11.6 Å². The minimum atomic E-state index is -1.30. The van der Waals surface area contributed by atoms with E-state index in [1.807, 2.05) is 6.07 Å². The number of unbranched alkanes of at least 4 members (excludes halogenated alkanes) is 1. The first-order valence-corrected chi connectivity index (χ1v) is 4.62. The van der Waals surface area contributed by atoms with Crippen LogP contribution in [0.1, 0.15) is 23.2 Å². The number of carbonyl (C=O) groups excluding carboxylic acids is 1. The fourth-order valence-electron chi connectivity index (χ4n) is 1.06. The lowest BCUT2D eigenvalue weighted by Gasteiger charge is -2.04. The Hall–Kier alpha value is -2.03. The molecule has 0 saturated heterocycles. The average Bonchev–Trinajstić information content (AvgIpc) is 2.28. The van der Waals surface area contributed by atoms with Gasteiger partial charge in [-0.2, -0.15) is 9.65 Å². The molecule has 6 heteroatoms. The van der Waals surface area contributed by atoms with Gasteiger partial charge in [-0.1, -0.05) is 0 Å². The Morgan fingerprint density at radius 1 is 1.56 bits per heavy atom. The van der Waals surface area contributed by atoms with Gasteiger partial charge in [0.15, 0.2) is 5.82 Å². The van der Waals surface area contributed by atoms with E-state index in [2.05, 4.69) is 10.3 Å². The van der Waals surface area contributed by atoms with E-state index in [1.54, 1.807) is 0 Å². The van der Waals surface area contributed by atoms with Gasteiger partial charge in [0.2, 0.25) is 5.95 Å². The number of nitrogens with one attached hydrogen (secondary N) is 1. The van der Waals surface area contributed by atoms with Crippen molar-refractivity contribution >= 4 is 5.91 Å². The molecule has 0 fully saturated rings. The molecule has 4 nitrogen and oxygen atoms in total. The maximum atomic E-state index is 13.1. The van der Waals surface area contributed by atoms with E-state index >= 15 is 0 Å². The fourth-order valence-corrected chi connectivity index (χ4v) is 1.06. The largest absolute Gasteiger partial charge is 0.352 e. The first-order chi connectivity index (χ1) is 7.66. The molecule has 0 atom stereocenters. The van der Waals surface area contributed by atoms with Crippen molar-refractivity contribution in [1.82, 2.24) is 10.3 Å². The molecule has 1 rings (SSSR count). The molecule has 1 aromatic rings. The van der Waals surface area contributed by atoms with Crippen LogP contribution in [0.4, 0.5) is 8.78 Å². The fraction of sp³-hybridized carbons (Fsp3) is 0.300. The molecule has 16 heavy (non-hydrogen) atoms. The van der Waals surface area contributed by atoms with Crippen LogP contribution in [0.15, 0.2) is 12.3 Å². The number of aromatic nitrogens is 1. The number of rotatable bonds is 4. The molecule has 0 aliphatic carbocycles. The van der Waals surface area contributed by atoms with Gasteiger partial charge in [-0.05, 0) is 12.5 Å². The molecule has 0 saturated carbocycles. The number of carbonyl (C=O) groups is 1. The maximum absolute atomic E-state index is 13.1. The molecule has 0 aliphatic heterocycles. The Morgan fingerprint density at radius 3 is 3.00 bits per heavy atom. The lowest BCUT2D eigenvalue weighted by atomic mass is 10.2. The van der Waals surface area contributed by atoms with Crippen molar-refractivity contribution in [1.29, 1.82) is 5.26 Å². The zero-order valence-corrected chi connectivity index (χ0v) is 8.33. The summed E-state index contributed by atoms with van der Waals surface area (Å²) >= 11 is 0. The number of halogens is 2. The number of hydrogen-bond acceptors (Lipinski definition) is 3. The Balaban J connectivity index is 2.60. The molecule has 0 aromatic carbocycles. The minimum Gasteiger partial charge on any atom is -0.352 e. The lowest BCUT2D eigenvalue weighted by Crippen LogP contribution is -2.25. The summed E-state index contributed by atoms with van der Waals surface area (Å²) in [6.45, 7) is 0.246. The van der Waals surface area contributed by atoms with Gasteiger partial charge < -0.3 is 5.32 Å². The molecule has 1 amide bonds. The van der Waals surface area contributed by atoms with Crippen LogP contribution in [0.3, 0.4) is 0 Å². The third-order valence-electron chi connectivity index (χ3n) is 1.84. The van der Waals surface area contributed by atoms with Crippen LogP contribution in [-0.2, 0) is 0 Å². The molecule has 1 aromatic heterocycles. The predicted molar refractivity (Wildman–Crippen MR) is 51.3 cm³/mol. The lowest BCUT2D eigenvalue weighted by molar-refractivity contribution is 0.0948. The molecule has 0 spiro atoms. The zero-order valence-electron chi connectivity index (χ0n) is 8.33. The van der Waals surface area contributed by atoms with Crippen LogP contribution < -0.4 is 5.32 Å². The van der Waals surface area contributed by atoms with Crippen LogP contribution in [0, 0.1) is 23.1 Å². The summed E-state index contributed by atoms with van der Waals surface area (Å²) in [5.74, 6) is -3.28. The van der Waals surface area contributed by atoms with E-state index in [0.717, 1.165) is 12.3 Å². The molecule has 1 N–H and O–H groups in total. The second kappa shape index (κ2) is 5.75. The first kappa shape index (κ1) is 12.0. The number of hydrogen-bond donors (Lipinski definition) is 1. The molecule has 0 bridgehead atoms. The van der Waals surface area contributed by atoms with Crippen LogP contribution >= 0.6 is 0 Å². The Morgan fingerprint density at radius 2 is 2.31 bits per heavy atom. The van der Waals surface area contributed by atoms with E-state index in [4.69, 9.17) is 5.26 Å². The highest BCUT2D eigenvalue weighted by molar-refractivity contribution is 5.94. The van der Waals surface area contributed by atoms with Crippen LogP contribution in [0.25, 0.3) is 0 Å². The molecular weight excluding hydrogens is 216 g/mol. The minimum absolute atomic E-state index is 0.246. The summed E-state index contributed by atoms with van der Waals surface area (Å²) in [5.41, 5.74) is -0.385. The quantitative estimate of drug-likeness (QED) is 0.622. The van der Waals surface area contributed by atoms with Crippen molar-refractivity contribution < 1.29 is 13.6 Å². The molecular formula is C10H9F2N3O. The second-order valence-electron chi connectivity index (χ2n) is 2.98. The monoisotopic (exact) mass is 225 g/mol. The van der Waals surface area contributed by atoms with Crippen LogP contribution in [-0.4, -0.2) is 17.4 Å². The van der Waals surface area contributed by atoms with Crippen molar-refractivity contribution in [2.45, 2.75) is 12.8 Å². The van der Waals surface area contributed by atoms with E-state index in [9.17, 15) is 13.6 Å². The van der Waals surface area contributed by atoms with Crippen molar-refractivity contribution in [2.24, 2.45) is 0 Å². The number of amides is 1. The van der Waals surface area contributed by atoms with Gasteiger partial charge >= 0.3 is 0 Å². The summed E-state index contributed by atoms with van der Waals surface area (Å²) in [7, 11) is 0. The summed E-state index contributed by atoms with van der Waals surface area (Å²) in [6, 6.07) is 3.00.